The third-order valence-electron chi connectivity index (χ3n) is 3.73. The molecule has 2 atom stereocenters. The molecule has 18 heavy (non-hydrogen) atoms. The van der Waals surface area contributed by atoms with Crippen LogP contribution in [-0.2, 0) is 9.53 Å². The number of carbonyl (C=O) groups is 1. The molecule has 2 unspecified atom stereocenters. The van der Waals surface area contributed by atoms with Crippen molar-refractivity contribution in [3.63, 3.8) is 0 Å². The molecule has 1 saturated heterocycles. The summed E-state index contributed by atoms with van der Waals surface area (Å²) in [5.41, 5.74) is 5.55. The molecule has 0 aromatic rings. The van der Waals surface area contributed by atoms with Gasteiger partial charge in [-0.3, -0.25) is 4.79 Å². The minimum atomic E-state index is 0.152. The maximum absolute atomic E-state index is 11.7. The van der Waals surface area contributed by atoms with E-state index >= 15 is 0 Å². The summed E-state index contributed by atoms with van der Waals surface area (Å²) in [6, 6.07) is 0. The molecule has 0 radical (unpaired) electrons. The van der Waals surface area contributed by atoms with Crippen LogP contribution in [-0.4, -0.2) is 31.7 Å². The van der Waals surface area contributed by atoms with E-state index in [-0.39, 0.29) is 12.0 Å². The van der Waals surface area contributed by atoms with Crippen molar-refractivity contribution in [2.75, 3.05) is 19.7 Å². The van der Waals surface area contributed by atoms with Crippen molar-refractivity contribution in [1.29, 1.82) is 0 Å². The van der Waals surface area contributed by atoms with E-state index in [0.717, 1.165) is 45.3 Å². The highest BCUT2D eigenvalue weighted by Gasteiger charge is 2.15. The molecule has 0 aliphatic carbocycles. The molecule has 0 aromatic heterocycles. The zero-order chi connectivity index (χ0) is 13.2. The number of carbonyl (C=O) groups excluding carboxylic acids is 1. The Morgan fingerprint density at radius 2 is 2.28 bits per heavy atom. The van der Waals surface area contributed by atoms with Crippen LogP contribution in [0, 0.1) is 5.92 Å². The molecule has 1 amide bonds. The van der Waals surface area contributed by atoms with Crippen LogP contribution in [0.2, 0.25) is 0 Å². The smallest absolute Gasteiger partial charge is 0.220 e. The molecule has 4 heteroatoms. The van der Waals surface area contributed by atoms with Gasteiger partial charge in [-0.25, -0.2) is 0 Å². The van der Waals surface area contributed by atoms with Crippen molar-refractivity contribution in [1.82, 2.24) is 5.32 Å². The number of amides is 1. The zero-order valence-corrected chi connectivity index (χ0v) is 11.6. The highest BCUT2D eigenvalue weighted by Crippen LogP contribution is 2.15. The highest BCUT2D eigenvalue weighted by atomic mass is 16.5. The van der Waals surface area contributed by atoms with E-state index in [0.29, 0.717) is 18.9 Å². The average Bonchev–Trinajstić information content (AvgIpc) is 2.42. The Morgan fingerprint density at radius 3 is 2.89 bits per heavy atom. The summed E-state index contributed by atoms with van der Waals surface area (Å²) >= 11 is 0. The number of ether oxygens (including phenoxy) is 1. The molecule has 0 spiro atoms. The van der Waals surface area contributed by atoms with Crippen LogP contribution >= 0.6 is 0 Å². The summed E-state index contributed by atoms with van der Waals surface area (Å²) in [6.07, 6.45) is 7.37. The molecule has 0 aromatic carbocycles. The van der Waals surface area contributed by atoms with Gasteiger partial charge in [0, 0.05) is 19.6 Å². The van der Waals surface area contributed by atoms with Gasteiger partial charge in [0.05, 0.1) is 6.10 Å². The van der Waals surface area contributed by atoms with Gasteiger partial charge < -0.3 is 15.8 Å². The second kappa shape index (κ2) is 9.34. The molecule has 0 saturated carbocycles. The van der Waals surface area contributed by atoms with Crippen molar-refractivity contribution in [3.8, 4) is 0 Å². The van der Waals surface area contributed by atoms with Crippen LogP contribution in [0.4, 0.5) is 0 Å². The van der Waals surface area contributed by atoms with Gasteiger partial charge in [-0.05, 0) is 44.6 Å². The van der Waals surface area contributed by atoms with Crippen molar-refractivity contribution in [2.24, 2.45) is 11.7 Å². The minimum absolute atomic E-state index is 0.152. The summed E-state index contributed by atoms with van der Waals surface area (Å²) in [5, 5.41) is 2.98. The first-order valence-electron chi connectivity index (χ1n) is 7.34. The molecule has 0 bridgehead atoms. The van der Waals surface area contributed by atoms with E-state index in [1.807, 2.05) is 0 Å². The summed E-state index contributed by atoms with van der Waals surface area (Å²) in [7, 11) is 0. The SMILES string of the molecule is CCC(CCN)CCC(=O)NCC1CCCCO1. The monoisotopic (exact) mass is 256 g/mol. The number of nitrogens with two attached hydrogens (primary N) is 1. The number of hydrogen-bond acceptors (Lipinski definition) is 3. The number of nitrogens with one attached hydrogen (secondary N) is 1. The third kappa shape index (κ3) is 6.36. The van der Waals surface area contributed by atoms with Crippen LogP contribution in [0.15, 0.2) is 0 Å². The van der Waals surface area contributed by atoms with E-state index in [1.54, 1.807) is 0 Å². The lowest BCUT2D eigenvalue weighted by Crippen LogP contribution is -2.35. The zero-order valence-electron chi connectivity index (χ0n) is 11.6. The highest BCUT2D eigenvalue weighted by molar-refractivity contribution is 5.75. The lowest BCUT2D eigenvalue weighted by atomic mass is 9.96. The molecule has 1 heterocycles. The summed E-state index contributed by atoms with van der Waals surface area (Å²) in [4.78, 5) is 11.7. The van der Waals surface area contributed by atoms with E-state index < -0.39 is 0 Å². The van der Waals surface area contributed by atoms with Gasteiger partial charge in [0.15, 0.2) is 0 Å². The molecular formula is C14H28N2O2. The van der Waals surface area contributed by atoms with Crippen molar-refractivity contribution in [2.45, 2.75) is 58.0 Å². The van der Waals surface area contributed by atoms with Crippen LogP contribution in [0.5, 0.6) is 0 Å². The van der Waals surface area contributed by atoms with Crippen LogP contribution in [0.25, 0.3) is 0 Å². The van der Waals surface area contributed by atoms with Crippen molar-refractivity contribution >= 4 is 5.91 Å². The normalized spacial score (nSPS) is 21.6. The lowest BCUT2D eigenvalue weighted by molar-refractivity contribution is -0.122. The Balaban J connectivity index is 2.08. The summed E-state index contributed by atoms with van der Waals surface area (Å²) in [6.45, 7) is 4.39. The van der Waals surface area contributed by atoms with Crippen molar-refractivity contribution in [3.05, 3.63) is 0 Å². The Morgan fingerprint density at radius 1 is 1.44 bits per heavy atom. The fourth-order valence-corrected chi connectivity index (χ4v) is 2.41. The molecule has 1 aliphatic rings. The van der Waals surface area contributed by atoms with Crippen LogP contribution in [0.1, 0.15) is 51.9 Å². The van der Waals surface area contributed by atoms with Crippen LogP contribution in [0.3, 0.4) is 0 Å². The first kappa shape index (κ1) is 15.4. The van der Waals surface area contributed by atoms with Crippen molar-refractivity contribution < 1.29 is 9.53 Å². The van der Waals surface area contributed by atoms with E-state index in [2.05, 4.69) is 12.2 Å². The Hall–Kier alpha value is -0.610. The molecular weight excluding hydrogens is 228 g/mol. The first-order valence-corrected chi connectivity index (χ1v) is 7.34. The summed E-state index contributed by atoms with van der Waals surface area (Å²) in [5.74, 6) is 0.742. The number of hydrogen-bond donors (Lipinski definition) is 2. The predicted molar refractivity (Wildman–Crippen MR) is 73.3 cm³/mol. The summed E-state index contributed by atoms with van der Waals surface area (Å²) < 4.78 is 5.58. The van der Waals surface area contributed by atoms with Gasteiger partial charge in [-0.2, -0.15) is 0 Å². The van der Waals surface area contributed by atoms with Gasteiger partial charge in [0.2, 0.25) is 5.91 Å². The Bertz CT molecular complexity index is 217. The van der Waals surface area contributed by atoms with Gasteiger partial charge >= 0.3 is 0 Å². The Labute approximate surface area is 111 Å². The maximum atomic E-state index is 11.7. The molecule has 1 rings (SSSR count). The van der Waals surface area contributed by atoms with Gasteiger partial charge in [0.1, 0.15) is 0 Å². The largest absolute Gasteiger partial charge is 0.376 e. The molecule has 4 nitrogen and oxygen atoms in total. The fourth-order valence-electron chi connectivity index (χ4n) is 2.41. The minimum Gasteiger partial charge on any atom is -0.376 e. The quantitative estimate of drug-likeness (QED) is 0.696. The standard InChI is InChI=1S/C14H28N2O2/c1-2-12(8-9-15)6-7-14(17)16-11-13-5-3-4-10-18-13/h12-13H,2-11,15H2,1H3,(H,16,17). The van der Waals surface area contributed by atoms with E-state index in [1.165, 1.54) is 6.42 Å². The lowest BCUT2D eigenvalue weighted by Gasteiger charge is -2.22. The average molecular weight is 256 g/mol. The Kier molecular flexibility index (Phi) is 8.01. The van der Waals surface area contributed by atoms with E-state index in [4.69, 9.17) is 10.5 Å². The molecule has 1 fully saturated rings. The second-order valence-electron chi connectivity index (χ2n) is 5.18. The first-order chi connectivity index (χ1) is 8.76. The van der Waals surface area contributed by atoms with Gasteiger partial charge in [-0.1, -0.05) is 13.3 Å². The molecule has 106 valence electrons. The van der Waals surface area contributed by atoms with Crippen LogP contribution < -0.4 is 11.1 Å². The second-order valence-corrected chi connectivity index (χ2v) is 5.18. The maximum Gasteiger partial charge on any atom is 0.220 e. The topological polar surface area (TPSA) is 64.4 Å². The van der Waals surface area contributed by atoms with E-state index in [9.17, 15) is 4.79 Å². The predicted octanol–water partition coefficient (Wildman–Crippen LogP) is 1.83. The third-order valence-corrected chi connectivity index (χ3v) is 3.73. The molecule has 1 aliphatic heterocycles. The van der Waals surface area contributed by atoms with Gasteiger partial charge in [0.25, 0.3) is 0 Å². The fraction of sp³-hybridized carbons (Fsp3) is 0.929. The van der Waals surface area contributed by atoms with Gasteiger partial charge in [-0.15, -0.1) is 0 Å². The molecule has 3 N–H and O–H groups in total. The number of rotatable bonds is 8.